The van der Waals surface area contributed by atoms with Gasteiger partial charge in [-0.2, -0.15) is 0 Å². The van der Waals surface area contributed by atoms with E-state index in [-0.39, 0.29) is 22.1 Å². The second-order valence-electron chi connectivity index (χ2n) is 3.62. The predicted molar refractivity (Wildman–Crippen MR) is 69.9 cm³/mol. The molecule has 0 aliphatic carbocycles. The molecule has 0 fully saturated rings. The van der Waals surface area contributed by atoms with Crippen LogP contribution in [0.1, 0.15) is 10.4 Å². The van der Waals surface area contributed by atoms with Crippen molar-refractivity contribution < 1.29 is 19.0 Å². The van der Waals surface area contributed by atoms with E-state index in [0.717, 1.165) is 6.07 Å². The summed E-state index contributed by atoms with van der Waals surface area (Å²) in [6.07, 6.45) is 0. The smallest absolute Gasteiger partial charge is 0.339 e. The van der Waals surface area contributed by atoms with Crippen LogP contribution in [0.15, 0.2) is 36.4 Å². The van der Waals surface area contributed by atoms with E-state index in [1.807, 2.05) is 0 Å². The summed E-state index contributed by atoms with van der Waals surface area (Å²) in [5.41, 5.74) is -0.0511. The summed E-state index contributed by atoms with van der Waals surface area (Å²) < 4.78 is 18.4. The number of hydrogen-bond acceptors (Lipinski definition) is 2. The van der Waals surface area contributed by atoms with E-state index in [0.29, 0.717) is 5.02 Å². The Labute approximate surface area is 118 Å². The largest absolute Gasteiger partial charge is 0.478 e. The van der Waals surface area contributed by atoms with E-state index in [1.165, 1.54) is 30.3 Å². The predicted octanol–water partition coefficient (Wildman–Crippen LogP) is 4.62. The lowest BCUT2D eigenvalue weighted by Gasteiger charge is -2.09. The zero-order valence-corrected chi connectivity index (χ0v) is 10.9. The molecule has 2 aromatic rings. The summed E-state index contributed by atoms with van der Waals surface area (Å²) in [5.74, 6) is -1.46. The van der Waals surface area contributed by atoms with E-state index >= 15 is 0 Å². The maximum Gasteiger partial charge on any atom is 0.339 e. The quantitative estimate of drug-likeness (QED) is 0.899. The fraction of sp³-hybridized carbons (Fsp3) is 0. The molecule has 2 aromatic carbocycles. The molecule has 0 radical (unpaired) electrons. The van der Waals surface area contributed by atoms with Crippen LogP contribution in [0.5, 0.6) is 11.5 Å². The first kappa shape index (κ1) is 13.6. The fourth-order valence-electron chi connectivity index (χ4n) is 1.42. The summed E-state index contributed by atoms with van der Waals surface area (Å²) in [6.45, 7) is 0. The molecule has 98 valence electrons. The van der Waals surface area contributed by atoms with Crippen molar-refractivity contribution >= 4 is 29.2 Å². The van der Waals surface area contributed by atoms with Gasteiger partial charge in [-0.1, -0.05) is 23.2 Å². The lowest BCUT2D eigenvalue weighted by Crippen LogP contribution is -1.99. The first-order valence-corrected chi connectivity index (χ1v) is 5.88. The summed E-state index contributed by atoms with van der Waals surface area (Å²) >= 11 is 11.4. The number of aromatic carboxylic acids is 1. The van der Waals surface area contributed by atoms with Crippen LogP contribution < -0.4 is 4.74 Å². The van der Waals surface area contributed by atoms with Crippen molar-refractivity contribution in [2.45, 2.75) is 0 Å². The lowest BCUT2D eigenvalue weighted by atomic mass is 10.2. The Bertz CT molecular complexity index is 644. The van der Waals surface area contributed by atoms with Crippen molar-refractivity contribution in [3.05, 3.63) is 57.8 Å². The Morgan fingerprint density at radius 3 is 2.53 bits per heavy atom. The lowest BCUT2D eigenvalue weighted by molar-refractivity contribution is 0.0694. The summed E-state index contributed by atoms with van der Waals surface area (Å²) in [5, 5.41) is 9.24. The highest BCUT2D eigenvalue weighted by Gasteiger charge is 2.13. The van der Waals surface area contributed by atoms with Gasteiger partial charge >= 0.3 is 5.97 Å². The van der Waals surface area contributed by atoms with Crippen molar-refractivity contribution in [3.63, 3.8) is 0 Å². The van der Waals surface area contributed by atoms with Crippen molar-refractivity contribution in [2.24, 2.45) is 0 Å². The van der Waals surface area contributed by atoms with Gasteiger partial charge < -0.3 is 9.84 Å². The van der Waals surface area contributed by atoms with Gasteiger partial charge in [-0.3, -0.25) is 0 Å². The molecule has 0 unspecified atom stereocenters. The zero-order chi connectivity index (χ0) is 14.0. The van der Waals surface area contributed by atoms with Crippen LogP contribution in [-0.2, 0) is 0 Å². The minimum absolute atomic E-state index is 0.0511. The van der Waals surface area contributed by atoms with Gasteiger partial charge in [0.15, 0.2) is 0 Å². The molecular weight excluding hydrogens is 294 g/mol. The van der Waals surface area contributed by atoms with E-state index in [4.69, 9.17) is 33.0 Å². The molecule has 19 heavy (non-hydrogen) atoms. The van der Waals surface area contributed by atoms with Crippen LogP contribution in [0.2, 0.25) is 10.0 Å². The molecule has 0 atom stereocenters. The van der Waals surface area contributed by atoms with Gasteiger partial charge in [0.1, 0.15) is 22.9 Å². The molecule has 0 heterocycles. The maximum absolute atomic E-state index is 13.0. The van der Waals surface area contributed by atoms with Gasteiger partial charge in [-0.05, 0) is 24.3 Å². The first-order valence-electron chi connectivity index (χ1n) is 5.13. The van der Waals surface area contributed by atoms with Crippen LogP contribution in [0.3, 0.4) is 0 Å². The van der Waals surface area contributed by atoms with Gasteiger partial charge in [-0.15, -0.1) is 0 Å². The number of carbonyl (C=O) groups is 1. The first-order chi connectivity index (χ1) is 8.97. The number of carboxylic acid groups (broad SMARTS) is 1. The van der Waals surface area contributed by atoms with E-state index in [2.05, 4.69) is 0 Å². The molecule has 0 saturated carbocycles. The molecule has 6 heteroatoms. The number of rotatable bonds is 3. The average Bonchev–Trinajstić information content (AvgIpc) is 2.33. The van der Waals surface area contributed by atoms with Gasteiger partial charge in [0.05, 0.1) is 5.02 Å². The average molecular weight is 301 g/mol. The topological polar surface area (TPSA) is 46.5 Å². The molecule has 3 nitrogen and oxygen atoms in total. The highest BCUT2D eigenvalue weighted by atomic mass is 35.5. The number of ether oxygens (including phenoxy) is 1. The zero-order valence-electron chi connectivity index (χ0n) is 9.36. The molecule has 0 amide bonds. The molecule has 0 aliphatic rings. The Kier molecular flexibility index (Phi) is 3.93. The number of hydrogen-bond donors (Lipinski definition) is 1. The number of benzene rings is 2. The Balaban J connectivity index is 2.39. The molecule has 2 rings (SSSR count). The highest BCUT2D eigenvalue weighted by molar-refractivity contribution is 6.31. The van der Waals surface area contributed by atoms with Crippen LogP contribution in [0.4, 0.5) is 4.39 Å². The minimum Gasteiger partial charge on any atom is -0.478 e. The van der Waals surface area contributed by atoms with Crippen molar-refractivity contribution in [1.82, 2.24) is 0 Å². The van der Waals surface area contributed by atoms with E-state index in [9.17, 15) is 9.18 Å². The van der Waals surface area contributed by atoms with Crippen LogP contribution in [-0.4, -0.2) is 11.1 Å². The van der Waals surface area contributed by atoms with Gasteiger partial charge in [0.2, 0.25) is 0 Å². The monoisotopic (exact) mass is 300 g/mol. The second kappa shape index (κ2) is 5.47. The molecule has 0 saturated heterocycles. The summed E-state index contributed by atoms with van der Waals surface area (Å²) in [4.78, 5) is 11.0. The second-order valence-corrected chi connectivity index (χ2v) is 4.47. The van der Waals surface area contributed by atoms with Crippen LogP contribution >= 0.6 is 23.2 Å². The SMILES string of the molecule is O=C(O)c1ccc(Cl)cc1Oc1ccc(F)c(Cl)c1. The molecular formula is C13H7Cl2FO3. The van der Waals surface area contributed by atoms with Crippen LogP contribution in [0, 0.1) is 5.82 Å². The fourth-order valence-corrected chi connectivity index (χ4v) is 1.76. The summed E-state index contributed by atoms with van der Waals surface area (Å²) in [7, 11) is 0. The normalized spacial score (nSPS) is 10.3. The van der Waals surface area contributed by atoms with Gasteiger partial charge in [0, 0.05) is 17.2 Å². The molecule has 0 aliphatic heterocycles. The van der Waals surface area contributed by atoms with Crippen molar-refractivity contribution in [3.8, 4) is 11.5 Å². The van der Waals surface area contributed by atoms with Crippen molar-refractivity contribution in [1.29, 1.82) is 0 Å². The third-order valence-electron chi connectivity index (χ3n) is 2.29. The Morgan fingerprint density at radius 1 is 1.16 bits per heavy atom. The van der Waals surface area contributed by atoms with Crippen molar-refractivity contribution in [2.75, 3.05) is 0 Å². The van der Waals surface area contributed by atoms with E-state index < -0.39 is 11.8 Å². The van der Waals surface area contributed by atoms with Gasteiger partial charge in [-0.25, -0.2) is 9.18 Å². The Hall–Kier alpha value is -1.78. The number of carboxylic acids is 1. The van der Waals surface area contributed by atoms with E-state index in [1.54, 1.807) is 0 Å². The van der Waals surface area contributed by atoms with Gasteiger partial charge in [0.25, 0.3) is 0 Å². The highest BCUT2D eigenvalue weighted by Crippen LogP contribution is 2.30. The minimum atomic E-state index is -1.15. The maximum atomic E-state index is 13.0. The third-order valence-corrected chi connectivity index (χ3v) is 2.82. The molecule has 0 bridgehead atoms. The molecule has 0 spiro atoms. The van der Waals surface area contributed by atoms with Crippen LogP contribution in [0.25, 0.3) is 0 Å². The Morgan fingerprint density at radius 2 is 1.89 bits per heavy atom. The molecule has 0 aromatic heterocycles. The number of halogens is 3. The standard InChI is InChI=1S/C13H7Cl2FO3/c14-7-1-3-9(13(17)18)12(5-7)19-8-2-4-11(16)10(15)6-8/h1-6H,(H,17,18). The molecule has 1 N–H and O–H groups in total. The third kappa shape index (κ3) is 3.16. The summed E-state index contributed by atoms with van der Waals surface area (Å²) in [6, 6.07) is 7.85.